The fraction of sp³-hybridized carbons (Fsp3) is 0.231. The molecule has 0 aromatic carbocycles. The van der Waals surface area contributed by atoms with Crippen LogP contribution in [0, 0.1) is 0 Å². The number of ether oxygens (including phenoxy) is 1. The first-order chi connectivity index (χ1) is 9.29. The monoisotopic (exact) mass is 258 g/mol. The van der Waals surface area contributed by atoms with Crippen LogP contribution in [0.5, 0.6) is 5.88 Å². The van der Waals surface area contributed by atoms with Gasteiger partial charge in [-0.05, 0) is 18.6 Å². The van der Waals surface area contributed by atoms with E-state index >= 15 is 0 Å². The second-order valence-corrected chi connectivity index (χ2v) is 3.71. The van der Waals surface area contributed by atoms with Crippen LogP contribution in [0.4, 0.5) is 0 Å². The van der Waals surface area contributed by atoms with Crippen molar-refractivity contribution in [3.8, 4) is 5.88 Å². The number of nitrogens with one attached hydrogen (secondary N) is 1. The van der Waals surface area contributed by atoms with Gasteiger partial charge in [-0.15, -0.1) is 0 Å². The molecule has 2 aromatic heterocycles. The van der Waals surface area contributed by atoms with Gasteiger partial charge in [0.15, 0.2) is 0 Å². The molecule has 6 nitrogen and oxygen atoms in total. The van der Waals surface area contributed by atoms with Crippen molar-refractivity contribution in [1.82, 2.24) is 20.3 Å². The quantitative estimate of drug-likeness (QED) is 0.872. The molecule has 0 aliphatic carbocycles. The van der Waals surface area contributed by atoms with E-state index in [2.05, 4.69) is 20.3 Å². The van der Waals surface area contributed by atoms with E-state index in [1.807, 2.05) is 13.0 Å². The van der Waals surface area contributed by atoms with Gasteiger partial charge in [-0.25, -0.2) is 15.0 Å². The molecule has 0 spiro atoms. The average Bonchev–Trinajstić information content (AvgIpc) is 2.47. The summed E-state index contributed by atoms with van der Waals surface area (Å²) in [4.78, 5) is 23.5. The standard InChI is InChI=1S/C13H14N4O2/c1-2-19-12-4-3-10(7-15-12)8-16-13(18)11-5-6-14-9-17-11/h3-7,9H,2,8H2,1H3,(H,16,18). The van der Waals surface area contributed by atoms with Gasteiger partial charge in [-0.1, -0.05) is 6.07 Å². The lowest BCUT2D eigenvalue weighted by Gasteiger charge is -2.05. The second-order valence-electron chi connectivity index (χ2n) is 3.71. The molecule has 1 amide bonds. The summed E-state index contributed by atoms with van der Waals surface area (Å²) in [6.07, 6.45) is 4.54. The number of hydrogen-bond donors (Lipinski definition) is 1. The van der Waals surface area contributed by atoms with Gasteiger partial charge in [0, 0.05) is 25.0 Å². The molecule has 19 heavy (non-hydrogen) atoms. The van der Waals surface area contributed by atoms with E-state index in [1.54, 1.807) is 18.3 Å². The van der Waals surface area contributed by atoms with Gasteiger partial charge in [0.2, 0.25) is 5.88 Å². The van der Waals surface area contributed by atoms with E-state index < -0.39 is 0 Å². The van der Waals surface area contributed by atoms with E-state index in [4.69, 9.17) is 4.74 Å². The van der Waals surface area contributed by atoms with Gasteiger partial charge >= 0.3 is 0 Å². The summed E-state index contributed by atoms with van der Waals surface area (Å²) in [6, 6.07) is 5.19. The van der Waals surface area contributed by atoms with Crippen molar-refractivity contribution in [2.24, 2.45) is 0 Å². The molecule has 1 N–H and O–H groups in total. The average molecular weight is 258 g/mol. The van der Waals surface area contributed by atoms with Crippen molar-refractivity contribution in [1.29, 1.82) is 0 Å². The van der Waals surface area contributed by atoms with Crippen molar-refractivity contribution >= 4 is 5.91 Å². The summed E-state index contributed by atoms with van der Waals surface area (Å²) in [7, 11) is 0. The highest BCUT2D eigenvalue weighted by Gasteiger charge is 2.05. The highest BCUT2D eigenvalue weighted by atomic mass is 16.5. The Labute approximate surface area is 110 Å². The Kier molecular flexibility index (Phi) is 4.39. The topological polar surface area (TPSA) is 77.0 Å². The molecule has 2 rings (SSSR count). The minimum atomic E-state index is -0.240. The molecule has 2 heterocycles. The summed E-state index contributed by atoms with van der Waals surface area (Å²) in [5, 5.41) is 2.76. The number of rotatable bonds is 5. The SMILES string of the molecule is CCOc1ccc(CNC(=O)c2ccncn2)cn1. The molecule has 0 bridgehead atoms. The minimum absolute atomic E-state index is 0.240. The molecule has 0 radical (unpaired) electrons. The van der Waals surface area contributed by atoms with Crippen molar-refractivity contribution in [3.63, 3.8) is 0 Å². The van der Waals surface area contributed by atoms with E-state index in [1.165, 1.54) is 12.5 Å². The third kappa shape index (κ3) is 3.74. The van der Waals surface area contributed by atoms with E-state index in [0.29, 0.717) is 24.7 Å². The fourth-order valence-corrected chi connectivity index (χ4v) is 1.45. The molecule has 0 fully saturated rings. The van der Waals surface area contributed by atoms with Crippen LogP contribution in [0.3, 0.4) is 0 Å². The van der Waals surface area contributed by atoms with Crippen LogP contribution in [0.15, 0.2) is 36.9 Å². The molecule has 0 atom stereocenters. The molecule has 98 valence electrons. The van der Waals surface area contributed by atoms with E-state index in [0.717, 1.165) is 5.56 Å². The highest BCUT2D eigenvalue weighted by Crippen LogP contribution is 2.07. The van der Waals surface area contributed by atoms with Crippen molar-refractivity contribution < 1.29 is 9.53 Å². The van der Waals surface area contributed by atoms with Crippen LogP contribution < -0.4 is 10.1 Å². The first-order valence-corrected chi connectivity index (χ1v) is 5.91. The Hall–Kier alpha value is -2.50. The molecule has 0 saturated carbocycles. The van der Waals surface area contributed by atoms with E-state index in [9.17, 15) is 4.79 Å². The number of aromatic nitrogens is 3. The summed E-state index contributed by atoms with van der Waals surface area (Å²) < 4.78 is 5.24. The lowest BCUT2D eigenvalue weighted by Crippen LogP contribution is -2.23. The largest absolute Gasteiger partial charge is 0.478 e. The smallest absolute Gasteiger partial charge is 0.270 e. The van der Waals surface area contributed by atoms with Gasteiger partial charge < -0.3 is 10.1 Å². The minimum Gasteiger partial charge on any atom is -0.478 e. The van der Waals surface area contributed by atoms with Crippen molar-refractivity contribution in [2.45, 2.75) is 13.5 Å². The Morgan fingerprint density at radius 3 is 2.84 bits per heavy atom. The van der Waals surface area contributed by atoms with Gasteiger partial charge in [0.1, 0.15) is 12.0 Å². The summed E-state index contributed by atoms with van der Waals surface area (Å²) in [6.45, 7) is 2.87. The fourth-order valence-electron chi connectivity index (χ4n) is 1.45. The first-order valence-electron chi connectivity index (χ1n) is 5.91. The van der Waals surface area contributed by atoms with E-state index in [-0.39, 0.29) is 5.91 Å². The molecule has 2 aromatic rings. The molecule has 0 saturated heterocycles. The Morgan fingerprint density at radius 1 is 1.32 bits per heavy atom. The zero-order valence-corrected chi connectivity index (χ0v) is 10.5. The highest BCUT2D eigenvalue weighted by molar-refractivity contribution is 5.91. The molecule has 6 heteroatoms. The number of nitrogens with zero attached hydrogens (tertiary/aromatic N) is 3. The van der Waals surface area contributed by atoms with Crippen LogP contribution >= 0.6 is 0 Å². The predicted octanol–water partition coefficient (Wildman–Crippen LogP) is 1.20. The Bertz CT molecular complexity index is 528. The third-order valence-corrected chi connectivity index (χ3v) is 2.36. The second kappa shape index (κ2) is 6.44. The predicted molar refractivity (Wildman–Crippen MR) is 68.6 cm³/mol. The maximum atomic E-state index is 11.7. The molecular weight excluding hydrogens is 244 g/mol. The normalized spacial score (nSPS) is 9.95. The van der Waals surface area contributed by atoms with Crippen LogP contribution in [-0.4, -0.2) is 27.5 Å². The lowest BCUT2D eigenvalue weighted by atomic mass is 10.3. The summed E-state index contributed by atoms with van der Waals surface area (Å²) in [5.41, 5.74) is 1.24. The van der Waals surface area contributed by atoms with Gasteiger partial charge in [0.25, 0.3) is 5.91 Å². The molecule has 0 unspecified atom stereocenters. The van der Waals surface area contributed by atoms with Crippen molar-refractivity contribution in [3.05, 3.63) is 48.2 Å². The zero-order chi connectivity index (χ0) is 13.5. The molecular formula is C13H14N4O2. The van der Waals surface area contributed by atoms with Gasteiger partial charge in [-0.2, -0.15) is 0 Å². The maximum Gasteiger partial charge on any atom is 0.270 e. The molecule has 0 aliphatic heterocycles. The van der Waals surface area contributed by atoms with Gasteiger partial charge in [0.05, 0.1) is 6.61 Å². The van der Waals surface area contributed by atoms with Crippen LogP contribution in [0.1, 0.15) is 23.0 Å². The zero-order valence-electron chi connectivity index (χ0n) is 10.5. The number of carbonyl (C=O) groups excluding carboxylic acids is 1. The first kappa shape index (κ1) is 12.9. The van der Waals surface area contributed by atoms with Crippen LogP contribution in [-0.2, 0) is 6.54 Å². The Morgan fingerprint density at radius 2 is 2.21 bits per heavy atom. The summed E-state index contributed by atoms with van der Waals surface area (Å²) >= 11 is 0. The number of carbonyl (C=O) groups is 1. The number of amides is 1. The number of hydrogen-bond acceptors (Lipinski definition) is 5. The third-order valence-electron chi connectivity index (χ3n) is 2.36. The maximum absolute atomic E-state index is 11.7. The van der Waals surface area contributed by atoms with Crippen LogP contribution in [0.25, 0.3) is 0 Å². The lowest BCUT2D eigenvalue weighted by molar-refractivity contribution is 0.0945. The van der Waals surface area contributed by atoms with Gasteiger partial charge in [-0.3, -0.25) is 4.79 Å². The summed E-state index contributed by atoms with van der Waals surface area (Å²) in [5.74, 6) is 0.338. The molecule has 0 aliphatic rings. The van der Waals surface area contributed by atoms with Crippen LogP contribution in [0.2, 0.25) is 0 Å². The number of pyridine rings is 1. The Balaban J connectivity index is 1.90. The van der Waals surface area contributed by atoms with Crippen molar-refractivity contribution in [2.75, 3.05) is 6.61 Å².